The lowest BCUT2D eigenvalue weighted by Crippen LogP contribution is -1.91. The van der Waals surface area contributed by atoms with E-state index in [0.717, 1.165) is 38.3 Å². The highest BCUT2D eigenvalue weighted by Crippen LogP contribution is 2.45. The van der Waals surface area contributed by atoms with Crippen LogP contribution in [0.5, 0.6) is 0 Å². The monoisotopic (exact) mass is 522 g/mol. The molecular weight excluding hydrogens is 496 g/mol. The fourth-order valence-electron chi connectivity index (χ4n) is 6.64. The summed E-state index contributed by atoms with van der Waals surface area (Å²) in [5, 5.41) is 10.8. The second-order valence-corrected chi connectivity index (χ2v) is 10.7. The normalized spacial score (nSPS) is 12.6. The Labute approximate surface area is 239 Å². The molecule has 1 aromatic heterocycles. The van der Waals surface area contributed by atoms with Crippen LogP contribution in [0.3, 0.4) is 0 Å². The number of rotatable bonds is 2. The standard InChI is InChI=1S/C40H24O/c1-2-11-27-23-28(18-17-25(27)9-1)38-31-13-5-7-15-33(31)39(34-16-8-6-14-32(34)38)29-19-21-35-37(24-29)41-36-22-20-26-10-3-4-12-30(26)40(35)36/h1-24H/i20D,22D. The van der Waals surface area contributed by atoms with Gasteiger partial charge >= 0.3 is 0 Å². The first-order valence-corrected chi connectivity index (χ1v) is 13.9. The maximum absolute atomic E-state index is 8.71. The Morgan fingerprint density at radius 2 is 0.927 bits per heavy atom. The van der Waals surface area contributed by atoms with Crippen molar-refractivity contribution >= 4 is 65.0 Å². The minimum absolute atomic E-state index is 0.127. The Hall–Kier alpha value is -5.40. The van der Waals surface area contributed by atoms with Gasteiger partial charge in [-0.3, -0.25) is 0 Å². The average molecular weight is 523 g/mol. The zero-order valence-corrected chi connectivity index (χ0v) is 22.1. The molecule has 0 aliphatic carbocycles. The molecule has 0 radical (unpaired) electrons. The van der Waals surface area contributed by atoms with Gasteiger partial charge in [-0.25, -0.2) is 0 Å². The SMILES string of the molecule is [2H]c1c([2H])c2oc3cc(-c4c5ccccc5c(-c5ccc6ccccc6c5)c5ccccc45)ccc3c2c2ccccc12. The quantitative estimate of drug-likeness (QED) is 0.206. The molecule has 1 nitrogen and oxygen atoms in total. The van der Waals surface area contributed by atoms with Crippen molar-refractivity contribution in [2.24, 2.45) is 0 Å². The first kappa shape index (κ1) is 20.5. The number of hydrogen-bond donors (Lipinski definition) is 0. The van der Waals surface area contributed by atoms with Crippen molar-refractivity contribution < 1.29 is 7.16 Å². The highest BCUT2D eigenvalue weighted by molar-refractivity contribution is 6.23. The molecule has 8 aromatic carbocycles. The Morgan fingerprint density at radius 3 is 1.61 bits per heavy atom. The highest BCUT2D eigenvalue weighted by Gasteiger charge is 2.18. The molecule has 9 aromatic rings. The lowest BCUT2D eigenvalue weighted by atomic mass is 9.85. The molecule has 41 heavy (non-hydrogen) atoms. The van der Waals surface area contributed by atoms with Crippen molar-refractivity contribution in [3.05, 3.63) is 146 Å². The first-order chi connectivity index (χ1) is 21.2. The lowest BCUT2D eigenvalue weighted by molar-refractivity contribution is 0.669. The number of benzene rings is 8. The van der Waals surface area contributed by atoms with Crippen LogP contribution in [0, 0.1) is 0 Å². The van der Waals surface area contributed by atoms with Crippen LogP contribution in [0.15, 0.2) is 150 Å². The maximum Gasteiger partial charge on any atom is 0.136 e. The number of furan rings is 1. The van der Waals surface area contributed by atoms with Gasteiger partial charge in [-0.15, -0.1) is 0 Å². The van der Waals surface area contributed by atoms with E-state index in [-0.39, 0.29) is 12.1 Å². The summed E-state index contributed by atoms with van der Waals surface area (Å²) >= 11 is 0. The molecule has 0 amide bonds. The van der Waals surface area contributed by atoms with Crippen LogP contribution in [0.1, 0.15) is 2.74 Å². The van der Waals surface area contributed by atoms with Crippen molar-refractivity contribution in [1.29, 1.82) is 0 Å². The lowest BCUT2D eigenvalue weighted by Gasteiger charge is -2.18. The first-order valence-electron chi connectivity index (χ1n) is 14.9. The van der Waals surface area contributed by atoms with E-state index in [1.165, 1.54) is 43.4 Å². The second-order valence-electron chi connectivity index (χ2n) is 10.7. The van der Waals surface area contributed by atoms with Gasteiger partial charge in [0.15, 0.2) is 0 Å². The van der Waals surface area contributed by atoms with E-state index in [0.29, 0.717) is 5.58 Å². The molecule has 0 spiro atoms. The molecule has 0 N–H and O–H groups in total. The molecule has 0 saturated heterocycles. The Bertz CT molecular complexity index is 2540. The van der Waals surface area contributed by atoms with Crippen LogP contribution in [-0.2, 0) is 0 Å². The van der Waals surface area contributed by atoms with Crippen molar-refractivity contribution in [3.63, 3.8) is 0 Å². The molecule has 0 fully saturated rings. The summed E-state index contributed by atoms with van der Waals surface area (Å²) in [6.45, 7) is 0. The Morgan fingerprint density at radius 1 is 0.390 bits per heavy atom. The van der Waals surface area contributed by atoms with Crippen LogP contribution in [-0.4, -0.2) is 0 Å². The predicted molar refractivity (Wildman–Crippen MR) is 175 cm³/mol. The zero-order chi connectivity index (χ0) is 28.7. The summed E-state index contributed by atoms with van der Waals surface area (Å²) in [6, 6.07) is 47.2. The number of hydrogen-bond acceptors (Lipinski definition) is 1. The number of fused-ring (bicyclic) bond motifs is 8. The highest BCUT2D eigenvalue weighted by atomic mass is 16.3. The molecule has 9 rings (SSSR count). The van der Waals surface area contributed by atoms with Crippen molar-refractivity contribution in [2.45, 2.75) is 0 Å². The third-order valence-corrected chi connectivity index (χ3v) is 8.46. The summed E-state index contributed by atoms with van der Waals surface area (Å²) < 4.78 is 23.7. The fraction of sp³-hybridized carbons (Fsp3) is 0. The summed E-state index contributed by atoms with van der Waals surface area (Å²) in [5.41, 5.74) is 5.85. The van der Waals surface area contributed by atoms with Crippen molar-refractivity contribution in [1.82, 2.24) is 0 Å². The van der Waals surface area contributed by atoms with Gasteiger partial charge in [0, 0.05) is 10.8 Å². The molecule has 190 valence electrons. The largest absolute Gasteiger partial charge is 0.456 e. The van der Waals surface area contributed by atoms with Gasteiger partial charge in [-0.1, -0.05) is 121 Å². The van der Waals surface area contributed by atoms with Gasteiger partial charge in [0.2, 0.25) is 0 Å². The molecular formula is C40H24O. The van der Waals surface area contributed by atoms with E-state index in [1.54, 1.807) is 0 Å². The van der Waals surface area contributed by atoms with Gasteiger partial charge in [0.05, 0.1) is 2.74 Å². The molecule has 0 atom stereocenters. The summed E-state index contributed by atoms with van der Waals surface area (Å²) in [4.78, 5) is 0. The smallest absolute Gasteiger partial charge is 0.136 e. The molecule has 1 heterocycles. The molecule has 0 aliphatic heterocycles. The van der Waals surface area contributed by atoms with E-state index < -0.39 is 0 Å². The van der Waals surface area contributed by atoms with E-state index in [4.69, 9.17) is 7.16 Å². The van der Waals surface area contributed by atoms with Gasteiger partial charge < -0.3 is 4.42 Å². The average Bonchev–Trinajstić information content (AvgIpc) is 3.45. The van der Waals surface area contributed by atoms with Gasteiger partial charge in [-0.2, -0.15) is 0 Å². The van der Waals surface area contributed by atoms with E-state index >= 15 is 0 Å². The van der Waals surface area contributed by atoms with E-state index in [9.17, 15) is 0 Å². The van der Waals surface area contributed by atoms with E-state index in [1.807, 2.05) is 24.3 Å². The zero-order valence-electron chi connectivity index (χ0n) is 24.1. The summed E-state index contributed by atoms with van der Waals surface area (Å²) in [5.74, 6) is 0. The van der Waals surface area contributed by atoms with E-state index in [2.05, 4.69) is 109 Å². The molecule has 0 unspecified atom stereocenters. The topological polar surface area (TPSA) is 13.1 Å². The molecule has 0 aliphatic rings. The summed E-state index contributed by atoms with van der Waals surface area (Å²) in [6.07, 6.45) is 0. The molecule has 1 heteroatoms. The Balaban J connectivity index is 1.36. The minimum atomic E-state index is 0.127. The molecule has 0 bridgehead atoms. The van der Waals surface area contributed by atoms with Crippen LogP contribution in [0.4, 0.5) is 0 Å². The van der Waals surface area contributed by atoms with Crippen LogP contribution in [0.2, 0.25) is 0 Å². The third-order valence-electron chi connectivity index (χ3n) is 8.46. The third kappa shape index (κ3) is 3.30. The maximum atomic E-state index is 8.71. The fourth-order valence-corrected chi connectivity index (χ4v) is 6.64. The van der Waals surface area contributed by atoms with Crippen molar-refractivity contribution in [2.75, 3.05) is 0 Å². The predicted octanol–water partition coefficient (Wildman–Crippen LogP) is 11.5. The van der Waals surface area contributed by atoms with Gasteiger partial charge in [-0.05, 0) is 89.6 Å². The van der Waals surface area contributed by atoms with Crippen molar-refractivity contribution in [3.8, 4) is 22.3 Å². The Kier molecular flexibility index (Phi) is 4.27. The van der Waals surface area contributed by atoms with Crippen LogP contribution < -0.4 is 0 Å². The summed E-state index contributed by atoms with van der Waals surface area (Å²) in [7, 11) is 0. The van der Waals surface area contributed by atoms with Crippen LogP contribution in [0.25, 0.3) is 87.3 Å². The van der Waals surface area contributed by atoms with Gasteiger partial charge in [0.25, 0.3) is 0 Å². The van der Waals surface area contributed by atoms with Crippen LogP contribution >= 0.6 is 0 Å². The minimum Gasteiger partial charge on any atom is -0.456 e. The van der Waals surface area contributed by atoms with Gasteiger partial charge in [0.1, 0.15) is 11.2 Å². The molecule has 0 saturated carbocycles. The second kappa shape index (κ2) is 8.55.